The van der Waals surface area contributed by atoms with Gasteiger partial charge in [-0.15, -0.1) is 12.4 Å². The number of benzene rings is 1. The van der Waals surface area contributed by atoms with Crippen molar-refractivity contribution in [3.63, 3.8) is 0 Å². The molecule has 118 valence electrons. The van der Waals surface area contributed by atoms with Crippen LogP contribution in [0.2, 0.25) is 5.02 Å². The summed E-state index contributed by atoms with van der Waals surface area (Å²) < 4.78 is 0. The summed E-state index contributed by atoms with van der Waals surface area (Å²) in [5.41, 5.74) is 6.73. The highest BCUT2D eigenvalue weighted by atomic mass is 35.5. The summed E-state index contributed by atoms with van der Waals surface area (Å²) in [6, 6.07) is 7.97. The second-order valence-electron chi connectivity index (χ2n) is 6.35. The third kappa shape index (κ3) is 4.60. The van der Waals surface area contributed by atoms with Crippen LogP contribution in [0.1, 0.15) is 38.7 Å². The molecule has 0 saturated heterocycles. The molecule has 21 heavy (non-hydrogen) atoms. The van der Waals surface area contributed by atoms with E-state index in [1.54, 1.807) is 0 Å². The lowest BCUT2D eigenvalue weighted by atomic mass is 9.84. The highest BCUT2D eigenvalue weighted by Crippen LogP contribution is 2.29. The second kappa shape index (κ2) is 7.48. The van der Waals surface area contributed by atoms with E-state index < -0.39 is 0 Å². The maximum atomic E-state index is 12.2. The minimum absolute atomic E-state index is 0. The Labute approximate surface area is 138 Å². The van der Waals surface area contributed by atoms with E-state index in [2.05, 4.69) is 19.2 Å². The number of nitrogens with one attached hydrogen (secondary N) is 1. The first-order valence-electron chi connectivity index (χ1n) is 7.18. The van der Waals surface area contributed by atoms with Crippen LogP contribution < -0.4 is 11.1 Å². The zero-order chi connectivity index (χ0) is 14.8. The first kappa shape index (κ1) is 18.3. The zero-order valence-corrected chi connectivity index (χ0v) is 14.1. The van der Waals surface area contributed by atoms with Crippen molar-refractivity contribution in [2.45, 2.75) is 44.6 Å². The van der Waals surface area contributed by atoms with Crippen molar-refractivity contribution in [3.8, 4) is 0 Å². The smallest absolute Gasteiger partial charge is 0.223 e. The molecule has 1 aromatic carbocycles. The summed E-state index contributed by atoms with van der Waals surface area (Å²) in [5.74, 6) is 0.199. The Morgan fingerprint density at radius 3 is 2.62 bits per heavy atom. The fourth-order valence-corrected chi connectivity index (χ4v) is 3.20. The Bertz CT molecular complexity index is 491. The Morgan fingerprint density at radius 1 is 1.38 bits per heavy atom. The van der Waals surface area contributed by atoms with E-state index >= 15 is 0 Å². The number of rotatable bonds is 4. The molecule has 2 unspecified atom stereocenters. The van der Waals surface area contributed by atoms with Gasteiger partial charge in [-0.2, -0.15) is 0 Å². The first-order valence-corrected chi connectivity index (χ1v) is 7.56. The Kier molecular flexibility index (Phi) is 6.51. The third-order valence-electron chi connectivity index (χ3n) is 4.15. The molecule has 1 aliphatic rings. The van der Waals surface area contributed by atoms with Gasteiger partial charge in [0.05, 0.1) is 0 Å². The molecule has 1 fully saturated rings. The molecular weight excluding hydrogens is 307 g/mol. The van der Waals surface area contributed by atoms with Crippen molar-refractivity contribution in [2.75, 3.05) is 6.54 Å². The van der Waals surface area contributed by atoms with Gasteiger partial charge in [0.2, 0.25) is 5.91 Å². The van der Waals surface area contributed by atoms with E-state index in [1.807, 2.05) is 24.3 Å². The fraction of sp³-hybridized carbons (Fsp3) is 0.562. The van der Waals surface area contributed by atoms with Gasteiger partial charge in [-0.1, -0.05) is 43.6 Å². The van der Waals surface area contributed by atoms with Crippen molar-refractivity contribution in [2.24, 2.45) is 11.7 Å². The molecule has 0 radical (unpaired) electrons. The van der Waals surface area contributed by atoms with Gasteiger partial charge >= 0.3 is 0 Å². The molecule has 3 N–H and O–H groups in total. The highest BCUT2D eigenvalue weighted by Gasteiger charge is 2.30. The molecule has 1 amide bonds. The predicted octanol–water partition coefficient (Wildman–Crippen LogP) is 3.28. The normalized spacial score (nSPS) is 21.7. The summed E-state index contributed by atoms with van der Waals surface area (Å²) in [7, 11) is 0. The largest absolute Gasteiger partial charge is 0.355 e. The topological polar surface area (TPSA) is 55.1 Å². The predicted molar refractivity (Wildman–Crippen MR) is 90.1 cm³/mol. The molecule has 0 spiro atoms. The zero-order valence-electron chi connectivity index (χ0n) is 12.6. The molecule has 5 heteroatoms. The van der Waals surface area contributed by atoms with Crippen molar-refractivity contribution < 1.29 is 4.79 Å². The maximum Gasteiger partial charge on any atom is 0.223 e. The van der Waals surface area contributed by atoms with Crippen LogP contribution in [0.3, 0.4) is 0 Å². The van der Waals surface area contributed by atoms with Gasteiger partial charge in [0.15, 0.2) is 0 Å². The Balaban J connectivity index is 0.00000220. The average Bonchev–Trinajstić information content (AvgIpc) is 2.83. The summed E-state index contributed by atoms with van der Waals surface area (Å²) in [6.45, 7) is 4.77. The van der Waals surface area contributed by atoms with E-state index in [0.717, 1.165) is 29.8 Å². The highest BCUT2D eigenvalue weighted by molar-refractivity contribution is 6.31. The number of amides is 1. The maximum absolute atomic E-state index is 12.2. The molecule has 0 bridgehead atoms. The van der Waals surface area contributed by atoms with Crippen molar-refractivity contribution in [1.82, 2.24) is 5.32 Å². The van der Waals surface area contributed by atoms with E-state index in [-0.39, 0.29) is 35.7 Å². The van der Waals surface area contributed by atoms with E-state index in [4.69, 9.17) is 17.3 Å². The Hall–Kier alpha value is -0.770. The van der Waals surface area contributed by atoms with Gasteiger partial charge in [-0.05, 0) is 30.9 Å². The molecule has 0 heterocycles. The second-order valence-corrected chi connectivity index (χ2v) is 6.76. The number of halogens is 2. The van der Waals surface area contributed by atoms with Crippen LogP contribution in [0, 0.1) is 5.92 Å². The van der Waals surface area contributed by atoms with Crippen molar-refractivity contribution in [1.29, 1.82) is 0 Å². The summed E-state index contributed by atoms with van der Waals surface area (Å²) >= 11 is 6.24. The summed E-state index contributed by atoms with van der Waals surface area (Å²) in [6.07, 6.45) is 2.66. The van der Waals surface area contributed by atoms with Crippen LogP contribution in [0.4, 0.5) is 0 Å². The van der Waals surface area contributed by atoms with Crippen LogP contribution >= 0.6 is 24.0 Å². The lowest BCUT2D eigenvalue weighted by Crippen LogP contribution is -2.39. The molecule has 1 saturated carbocycles. The molecule has 2 rings (SSSR count). The number of hydrogen-bond acceptors (Lipinski definition) is 2. The van der Waals surface area contributed by atoms with Crippen LogP contribution in [0.25, 0.3) is 0 Å². The molecule has 3 nitrogen and oxygen atoms in total. The van der Waals surface area contributed by atoms with Crippen LogP contribution in [0.5, 0.6) is 0 Å². The minimum Gasteiger partial charge on any atom is -0.355 e. The summed E-state index contributed by atoms with van der Waals surface area (Å²) in [5, 5.41) is 3.80. The fourth-order valence-electron chi connectivity index (χ4n) is 2.81. The van der Waals surface area contributed by atoms with Crippen molar-refractivity contribution >= 4 is 29.9 Å². The van der Waals surface area contributed by atoms with Gasteiger partial charge < -0.3 is 11.1 Å². The van der Waals surface area contributed by atoms with E-state index in [9.17, 15) is 4.79 Å². The number of hydrogen-bond donors (Lipinski definition) is 2. The Morgan fingerprint density at radius 2 is 2.05 bits per heavy atom. The third-order valence-corrected chi connectivity index (χ3v) is 4.48. The molecule has 0 aromatic heterocycles. The monoisotopic (exact) mass is 330 g/mol. The lowest BCUT2D eigenvalue weighted by molar-refractivity contribution is -0.125. The SMILES string of the molecule is CC(C)(CNC(=O)C1CCC(N)C1)c1ccccc1Cl.Cl. The lowest BCUT2D eigenvalue weighted by Gasteiger charge is -2.27. The summed E-state index contributed by atoms with van der Waals surface area (Å²) in [4.78, 5) is 12.2. The van der Waals surface area contributed by atoms with Gasteiger partial charge in [-0.3, -0.25) is 4.79 Å². The van der Waals surface area contributed by atoms with Crippen LogP contribution in [-0.2, 0) is 10.2 Å². The molecule has 2 atom stereocenters. The average molecular weight is 331 g/mol. The standard InChI is InChI=1S/C16H23ClN2O.ClH/c1-16(2,13-5-3-4-6-14(13)17)10-19-15(20)11-7-8-12(18)9-11;/h3-6,11-12H,7-10,18H2,1-2H3,(H,19,20);1H. The minimum atomic E-state index is -0.186. The van der Waals surface area contributed by atoms with E-state index in [0.29, 0.717) is 6.54 Å². The van der Waals surface area contributed by atoms with Crippen molar-refractivity contribution in [3.05, 3.63) is 34.9 Å². The van der Waals surface area contributed by atoms with Gasteiger partial charge in [0, 0.05) is 28.9 Å². The van der Waals surface area contributed by atoms with Gasteiger partial charge in [-0.25, -0.2) is 0 Å². The number of carbonyl (C=O) groups excluding carboxylic acids is 1. The van der Waals surface area contributed by atoms with Gasteiger partial charge in [0.1, 0.15) is 0 Å². The van der Waals surface area contributed by atoms with Gasteiger partial charge in [0.25, 0.3) is 0 Å². The molecule has 0 aliphatic heterocycles. The molecule has 1 aromatic rings. The first-order chi connectivity index (χ1) is 9.40. The molecule has 1 aliphatic carbocycles. The van der Waals surface area contributed by atoms with E-state index in [1.165, 1.54) is 0 Å². The van der Waals surface area contributed by atoms with Crippen LogP contribution in [-0.4, -0.2) is 18.5 Å². The van der Waals surface area contributed by atoms with Crippen LogP contribution in [0.15, 0.2) is 24.3 Å². The number of nitrogens with two attached hydrogens (primary N) is 1. The number of carbonyl (C=O) groups is 1. The molecular formula is C16H24Cl2N2O. The quantitative estimate of drug-likeness (QED) is 0.890.